The molecule has 0 aliphatic carbocycles. The Morgan fingerprint density at radius 2 is 1.14 bits per heavy atom. The first-order valence-corrected chi connectivity index (χ1v) is 14.5. The van der Waals surface area contributed by atoms with Crippen molar-refractivity contribution in [2.24, 2.45) is 0 Å². The quantitative estimate of drug-likeness (QED) is 0.0995. The summed E-state index contributed by atoms with van der Waals surface area (Å²) in [6.45, 7) is 2.78. The van der Waals surface area contributed by atoms with Gasteiger partial charge in [0, 0.05) is 36.7 Å². The highest BCUT2D eigenvalue weighted by Gasteiger charge is 2.11. The highest BCUT2D eigenvalue weighted by molar-refractivity contribution is 5.89. The van der Waals surface area contributed by atoms with Crippen molar-refractivity contribution in [1.29, 1.82) is 0 Å². The maximum Gasteiger partial charge on any atom is 0.338 e. The molecule has 4 nitrogen and oxygen atoms in total. The van der Waals surface area contributed by atoms with E-state index >= 15 is 0 Å². The fourth-order valence-corrected chi connectivity index (χ4v) is 4.65. The lowest BCUT2D eigenvalue weighted by atomic mass is 10.0. The Morgan fingerprint density at radius 3 is 1.68 bits per heavy atom. The van der Waals surface area contributed by atoms with E-state index in [1.807, 2.05) is 53.4 Å². The third-order valence-electron chi connectivity index (χ3n) is 6.98. The van der Waals surface area contributed by atoms with E-state index in [2.05, 4.69) is 24.0 Å². The predicted octanol–water partition coefficient (Wildman–Crippen LogP) is 8.66. The molecular weight excluding hydrogens is 456 g/mol. The van der Waals surface area contributed by atoms with Crippen LogP contribution in [0.4, 0.5) is 0 Å². The van der Waals surface area contributed by atoms with E-state index in [-0.39, 0.29) is 5.97 Å². The number of hydrogen-bond donors (Lipinski definition) is 0. The lowest BCUT2D eigenvalue weighted by Gasteiger charge is -2.06. The molecule has 0 aliphatic rings. The van der Waals surface area contributed by atoms with Crippen molar-refractivity contribution >= 4 is 5.97 Å². The number of carbonyl (C=O) groups excluding carboxylic acids is 1. The summed E-state index contributed by atoms with van der Waals surface area (Å²) in [5.74, 6) is -0.237. The summed E-state index contributed by atoms with van der Waals surface area (Å²) in [6.07, 6.45) is 26.2. The van der Waals surface area contributed by atoms with Crippen LogP contribution in [0.5, 0.6) is 0 Å². The number of unbranched alkanes of at least 4 members (excludes halogenated alkanes) is 13. The second kappa shape index (κ2) is 17.4. The van der Waals surface area contributed by atoms with Crippen LogP contribution in [0.25, 0.3) is 16.8 Å². The first kappa shape index (κ1) is 28.6. The average molecular weight is 502 g/mol. The van der Waals surface area contributed by atoms with Gasteiger partial charge < -0.3 is 4.74 Å². The van der Waals surface area contributed by atoms with E-state index in [4.69, 9.17) is 4.74 Å². The smallest absolute Gasteiger partial charge is 0.338 e. The molecular formula is C33H45N2O2+. The zero-order valence-corrected chi connectivity index (χ0v) is 22.7. The van der Waals surface area contributed by atoms with Crippen LogP contribution in [0.1, 0.15) is 107 Å². The summed E-state index contributed by atoms with van der Waals surface area (Å²) in [7, 11) is 0. The Kier molecular flexibility index (Phi) is 13.5. The summed E-state index contributed by atoms with van der Waals surface area (Å²) >= 11 is 0. The zero-order chi connectivity index (χ0) is 26.0. The summed E-state index contributed by atoms with van der Waals surface area (Å²) in [5, 5.41) is 0. The van der Waals surface area contributed by atoms with Crippen molar-refractivity contribution in [2.45, 2.75) is 96.8 Å². The third-order valence-corrected chi connectivity index (χ3v) is 6.98. The SMILES string of the molecule is CCCCCCCCCCCCCCCCOC(=O)c1ccc(-[n+]2ccc(-c3ccncc3)cc2)cc1. The fraction of sp³-hybridized carbons (Fsp3) is 0.485. The van der Waals surface area contributed by atoms with Gasteiger partial charge in [-0.25, -0.2) is 4.79 Å². The van der Waals surface area contributed by atoms with E-state index in [0.29, 0.717) is 12.2 Å². The van der Waals surface area contributed by atoms with Crippen LogP contribution in [0.15, 0.2) is 73.3 Å². The molecule has 2 heterocycles. The lowest BCUT2D eigenvalue weighted by molar-refractivity contribution is -0.595. The van der Waals surface area contributed by atoms with Gasteiger partial charge in [-0.2, -0.15) is 4.57 Å². The van der Waals surface area contributed by atoms with Gasteiger partial charge in [0.05, 0.1) is 12.2 Å². The molecule has 0 N–H and O–H groups in total. The molecule has 2 aromatic heterocycles. The van der Waals surface area contributed by atoms with E-state index < -0.39 is 0 Å². The molecule has 3 rings (SSSR count). The first-order valence-electron chi connectivity index (χ1n) is 14.5. The molecule has 37 heavy (non-hydrogen) atoms. The molecule has 0 radical (unpaired) electrons. The third kappa shape index (κ3) is 10.9. The van der Waals surface area contributed by atoms with Gasteiger partial charge in [-0.3, -0.25) is 4.98 Å². The molecule has 0 saturated heterocycles. The van der Waals surface area contributed by atoms with Crippen LogP contribution in [0, 0.1) is 0 Å². The number of hydrogen-bond acceptors (Lipinski definition) is 3. The molecule has 0 saturated carbocycles. The highest BCUT2D eigenvalue weighted by Crippen LogP contribution is 2.17. The molecule has 3 aromatic rings. The molecule has 0 spiro atoms. The number of nitrogens with zero attached hydrogens (tertiary/aromatic N) is 2. The van der Waals surface area contributed by atoms with Crippen LogP contribution in [-0.4, -0.2) is 17.6 Å². The molecule has 0 amide bonds. The number of carbonyl (C=O) groups is 1. The van der Waals surface area contributed by atoms with Gasteiger partial charge in [0.1, 0.15) is 0 Å². The summed E-state index contributed by atoms with van der Waals surface area (Å²) in [5.41, 5.74) is 3.88. The lowest BCUT2D eigenvalue weighted by Crippen LogP contribution is -2.29. The Balaban J connectivity index is 1.24. The largest absolute Gasteiger partial charge is 0.462 e. The minimum atomic E-state index is -0.237. The van der Waals surface area contributed by atoms with Crippen LogP contribution >= 0.6 is 0 Å². The molecule has 1 aromatic carbocycles. The molecule has 4 heteroatoms. The second-order valence-electron chi connectivity index (χ2n) is 10.0. The van der Waals surface area contributed by atoms with E-state index in [1.54, 1.807) is 12.4 Å². The van der Waals surface area contributed by atoms with Gasteiger partial charge in [-0.1, -0.05) is 90.4 Å². The van der Waals surface area contributed by atoms with E-state index in [1.165, 1.54) is 77.0 Å². The number of aromatic nitrogens is 2. The van der Waals surface area contributed by atoms with Crippen LogP contribution < -0.4 is 4.57 Å². The van der Waals surface area contributed by atoms with E-state index in [9.17, 15) is 4.79 Å². The molecule has 0 aliphatic heterocycles. The number of esters is 1. The van der Waals surface area contributed by atoms with Crippen LogP contribution in [0.3, 0.4) is 0 Å². The van der Waals surface area contributed by atoms with Crippen molar-refractivity contribution < 1.29 is 14.1 Å². The van der Waals surface area contributed by atoms with Gasteiger partial charge in [0.25, 0.3) is 0 Å². The number of rotatable bonds is 18. The van der Waals surface area contributed by atoms with Gasteiger partial charge in [0.15, 0.2) is 12.4 Å². The predicted molar refractivity (Wildman–Crippen MR) is 152 cm³/mol. The maximum atomic E-state index is 12.4. The van der Waals surface area contributed by atoms with Crippen molar-refractivity contribution in [1.82, 2.24) is 4.98 Å². The van der Waals surface area contributed by atoms with Crippen LogP contribution in [-0.2, 0) is 4.74 Å². The zero-order valence-electron chi connectivity index (χ0n) is 22.7. The summed E-state index contributed by atoms with van der Waals surface area (Å²) in [4.78, 5) is 16.5. The van der Waals surface area contributed by atoms with Gasteiger partial charge in [-0.15, -0.1) is 0 Å². The Bertz CT molecular complexity index is 1000. The Hall–Kier alpha value is -3.01. The second-order valence-corrected chi connectivity index (χ2v) is 10.0. The maximum absolute atomic E-state index is 12.4. The molecule has 0 atom stereocenters. The average Bonchev–Trinajstić information content (AvgIpc) is 2.95. The monoisotopic (exact) mass is 501 g/mol. The minimum Gasteiger partial charge on any atom is -0.462 e. The summed E-state index contributed by atoms with van der Waals surface area (Å²) in [6, 6.07) is 15.7. The topological polar surface area (TPSA) is 43.1 Å². The van der Waals surface area contributed by atoms with Crippen molar-refractivity contribution in [3.05, 3.63) is 78.9 Å². The van der Waals surface area contributed by atoms with E-state index in [0.717, 1.165) is 29.7 Å². The normalized spacial score (nSPS) is 10.9. The molecule has 0 fully saturated rings. The van der Waals surface area contributed by atoms with Crippen LogP contribution in [0.2, 0.25) is 0 Å². The van der Waals surface area contributed by atoms with Crippen molar-refractivity contribution in [3.8, 4) is 16.8 Å². The number of ether oxygens (including phenoxy) is 1. The van der Waals surface area contributed by atoms with Crippen molar-refractivity contribution in [3.63, 3.8) is 0 Å². The standard InChI is InChI=1S/C33H45N2O2/c1-2-3-4-5-6-7-8-9-10-11-12-13-14-15-28-37-33(36)31-16-18-32(19-17-31)35-26-22-30(23-27-35)29-20-24-34-25-21-29/h16-27H,2-15,28H2,1H3/q+1. The fourth-order valence-electron chi connectivity index (χ4n) is 4.65. The van der Waals surface area contributed by atoms with Gasteiger partial charge in [-0.05, 0) is 41.8 Å². The highest BCUT2D eigenvalue weighted by atomic mass is 16.5. The minimum absolute atomic E-state index is 0.237. The van der Waals surface area contributed by atoms with Crippen molar-refractivity contribution in [2.75, 3.05) is 6.61 Å². The molecule has 0 unspecified atom stereocenters. The van der Waals surface area contributed by atoms with Gasteiger partial charge >= 0.3 is 5.97 Å². The molecule has 0 bridgehead atoms. The number of benzene rings is 1. The Morgan fingerprint density at radius 1 is 0.649 bits per heavy atom. The summed E-state index contributed by atoms with van der Waals surface area (Å²) < 4.78 is 7.53. The van der Waals surface area contributed by atoms with Gasteiger partial charge in [0.2, 0.25) is 5.69 Å². The molecule has 198 valence electrons. The first-order chi connectivity index (χ1) is 18.3. The number of pyridine rings is 2. The Labute approximate surface area is 224 Å².